The van der Waals surface area contributed by atoms with Crippen LogP contribution in [0.25, 0.3) is 0 Å². The SMILES string of the molecule is Cn1ccnc1CCC(N)c1cc(F)cc(F)c1. The minimum atomic E-state index is -0.600. The molecule has 2 aromatic rings. The molecule has 1 aromatic heterocycles. The molecule has 1 aromatic carbocycles. The number of nitrogens with zero attached hydrogens (tertiary/aromatic N) is 2. The number of hydrogen-bond acceptors (Lipinski definition) is 2. The molecule has 1 atom stereocenters. The number of hydrogen-bond donors (Lipinski definition) is 1. The van der Waals surface area contributed by atoms with E-state index < -0.39 is 17.7 Å². The van der Waals surface area contributed by atoms with Crippen LogP contribution >= 0.6 is 0 Å². The summed E-state index contributed by atoms with van der Waals surface area (Å²) in [5.41, 5.74) is 6.40. The quantitative estimate of drug-likeness (QED) is 0.906. The normalized spacial score (nSPS) is 12.7. The summed E-state index contributed by atoms with van der Waals surface area (Å²) in [5.74, 6) is -0.294. The highest BCUT2D eigenvalue weighted by Crippen LogP contribution is 2.18. The topological polar surface area (TPSA) is 43.8 Å². The van der Waals surface area contributed by atoms with Crippen LogP contribution in [0.1, 0.15) is 23.9 Å². The zero-order chi connectivity index (χ0) is 13.1. The molecule has 96 valence electrons. The Morgan fingerprint density at radius 1 is 1.28 bits per heavy atom. The summed E-state index contributed by atoms with van der Waals surface area (Å²) in [6.45, 7) is 0. The number of benzene rings is 1. The zero-order valence-corrected chi connectivity index (χ0v) is 10.1. The predicted octanol–water partition coefficient (Wildman–Crippen LogP) is 2.33. The largest absolute Gasteiger partial charge is 0.338 e. The highest BCUT2D eigenvalue weighted by molar-refractivity contribution is 5.21. The van der Waals surface area contributed by atoms with Gasteiger partial charge in [0.15, 0.2) is 0 Å². The van der Waals surface area contributed by atoms with Crippen LogP contribution in [-0.2, 0) is 13.5 Å². The molecule has 0 aliphatic carbocycles. The summed E-state index contributed by atoms with van der Waals surface area (Å²) in [6, 6.07) is 2.99. The van der Waals surface area contributed by atoms with Crippen molar-refractivity contribution in [3.05, 3.63) is 53.6 Å². The van der Waals surface area contributed by atoms with Crippen LogP contribution < -0.4 is 5.73 Å². The molecular weight excluding hydrogens is 236 g/mol. The molecule has 0 bridgehead atoms. The smallest absolute Gasteiger partial charge is 0.126 e. The van der Waals surface area contributed by atoms with Crippen molar-refractivity contribution in [3.8, 4) is 0 Å². The van der Waals surface area contributed by atoms with Gasteiger partial charge in [0, 0.05) is 38.0 Å². The fourth-order valence-electron chi connectivity index (χ4n) is 1.88. The first-order valence-electron chi connectivity index (χ1n) is 5.74. The average molecular weight is 251 g/mol. The first-order valence-corrected chi connectivity index (χ1v) is 5.74. The van der Waals surface area contributed by atoms with Crippen molar-refractivity contribution in [2.75, 3.05) is 0 Å². The van der Waals surface area contributed by atoms with Crippen LogP contribution in [0.3, 0.4) is 0 Å². The molecule has 0 radical (unpaired) electrons. The molecule has 1 heterocycles. The molecule has 2 N–H and O–H groups in total. The van der Waals surface area contributed by atoms with Gasteiger partial charge in [-0.05, 0) is 24.1 Å². The molecule has 3 nitrogen and oxygen atoms in total. The Bertz CT molecular complexity index is 517. The van der Waals surface area contributed by atoms with E-state index in [0.717, 1.165) is 11.9 Å². The van der Waals surface area contributed by atoms with Crippen molar-refractivity contribution < 1.29 is 8.78 Å². The van der Waals surface area contributed by atoms with E-state index in [-0.39, 0.29) is 0 Å². The fourth-order valence-corrected chi connectivity index (χ4v) is 1.88. The number of rotatable bonds is 4. The Morgan fingerprint density at radius 3 is 2.50 bits per heavy atom. The molecule has 1 unspecified atom stereocenters. The predicted molar refractivity (Wildman–Crippen MR) is 64.8 cm³/mol. The van der Waals surface area contributed by atoms with Crippen molar-refractivity contribution in [2.24, 2.45) is 12.8 Å². The lowest BCUT2D eigenvalue weighted by molar-refractivity contribution is 0.564. The van der Waals surface area contributed by atoms with Crippen LogP contribution in [0.4, 0.5) is 8.78 Å². The van der Waals surface area contributed by atoms with E-state index in [2.05, 4.69) is 4.98 Å². The van der Waals surface area contributed by atoms with E-state index in [9.17, 15) is 8.78 Å². The lowest BCUT2D eigenvalue weighted by Crippen LogP contribution is -2.13. The number of imidazole rings is 1. The Hall–Kier alpha value is -1.75. The van der Waals surface area contributed by atoms with Crippen LogP contribution in [0.15, 0.2) is 30.6 Å². The third-order valence-electron chi connectivity index (χ3n) is 2.91. The van der Waals surface area contributed by atoms with Gasteiger partial charge in [-0.2, -0.15) is 0 Å². The summed E-state index contributed by atoms with van der Waals surface area (Å²) in [5, 5.41) is 0. The standard InChI is InChI=1S/C13H15F2N3/c1-18-5-4-17-13(18)3-2-12(16)9-6-10(14)8-11(15)7-9/h4-8,12H,2-3,16H2,1H3. The van der Waals surface area contributed by atoms with Gasteiger partial charge in [0.1, 0.15) is 17.5 Å². The van der Waals surface area contributed by atoms with Gasteiger partial charge in [-0.1, -0.05) is 0 Å². The Labute approximate surface area is 104 Å². The Morgan fingerprint density at radius 2 is 1.94 bits per heavy atom. The van der Waals surface area contributed by atoms with Gasteiger partial charge in [0.05, 0.1) is 0 Å². The highest BCUT2D eigenvalue weighted by atomic mass is 19.1. The first-order chi connectivity index (χ1) is 8.56. The third kappa shape index (κ3) is 2.92. The second-order valence-corrected chi connectivity index (χ2v) is 4.30. The molecule has 2 rings (SSSR count). The van der Waals surface area contributed by atoms with Crippen molar-refractivity contribution in [1.82, 2.24) is 9.55 Å². The molecule has 0 aliphatic rings. The summed E-state index contributed by atoms with van der Waals surface area (Å²) in [7, 11) is 1.90. The van der Waals surface area contributed by atoms with Gasteiger partial charge in [0.25, 0.3) is 0 Å². The molecule has 0 aliphatic heterocycles. The number of halogens is 2. The maximum atomic E-state index is 13.1. The summed E-state index contributed by atoms with van der Waals surface area (Å²) >= 11 is 0. The van der Waals surface area contributed by atoms with Crippen molar-refractivity contribution in [2.45, 2.75) is 18.9 Å². The van der Waals surface area contributed by atoms with Gasteiger partial charge < -0.3 is 10.3 Å². The van der Waals surface area contributed by atoms with Gasteiger partial charge in [-0.15, -0.1) is 0 Å². The molecule has 5 heteroatoms. The summed E-state index contributed by atoms with van der Waals surface area (Å²) in [6.07, 6.45) is 4.82. The molecule has 0 fully saturated rings. The summed E-state index contributed by atoms with van der Waals surface area (Å²) < 4.78 is 28.0. The van der Waals surface area contributed by atoms with E-state index >= 15 is 0 Å². The van der Waals surface area contributed by atoms with E-state index in [1.165, 1.54) is 12.1 Å². The number of aromatic nitrogens is 2. The van der Waals surface area contributed by atoms with E-state index in [4.69, 9.17) is 5.73 Å². The second kappa shape index (κ2) is 5.27. The number of aryl methyl sites for hydroxylation is 2. The maximum Gasteiger partial charge on any atom is 0.126 e. The summed E-state index contributed by atoms with van der Waals surface area (Å²) in [4.78, 5) is 4.18. The zero-order valence-electron chi connectivity index (χ0n) is 10.1. The molecule has 0 spiro atoms. The van der Waals surface area contributed by atoms with E-state index in [1.54, 1.807) is 6.20 Å². The third-order valence-corrected chi connectivity index (χ3v) is 2.91. The number of nitrogens with two attached hydrogens (primary N) is 1. The van der Waals surface area contributed by atoms with Gasteiger partial charge in [-0.25, -0.2) is 13.8 Å². The van der Waals surface area contributed by atoms with Crippen LogP contribution in [0.2, 0.25) is 0 Å². The van der Waals surface area contributed by atoms with Crippen molar-refractivity contribution in [1.29, 1.82) is 0 Å². The second-order valence-electron chi connectivity index (χ2n) is 4.30. The lowest BCUT2D eigenvalue weighted by Gasteiger charge is -2.12. The molecular formula is C13H15F2N3. The van der Waals surface area contributed by atoms with Crippen LogP contribution in [-0.4, -0.2) is 9.55 Å². The van der Waals surface area contributed by atoms with Crippen LogP contribution in [0, 0.1) is 11.6 Å². The highest BCUT2D eigenvalue weighted by Gasteiger charge is 2.10. The Kier molecular flexibility index (Phi) is 3.72. The van der Waals surface area contributed by atoms with E-state index in [0.29, 0.717) is 18.4 Å². The Balaban J connectivity index is 2.03. The first kappa shape index (κ1) is 12.7. The minimum absolute atomic E-state index is 0.396. The average Bonchev–Trinajstić information content (AvgIpc) is 2.70. The molecule has 0 saturated carbocycles. The minimum Gasteiger partial charge on any atom is -0.338 e. The van der Waals surface area contributed by atoms with Crippen LogP contribution in [0.5, 0.6) is 0 Å². The maximum absolute atomic E-state index is 13.1. The van der Waals surface area contributed by atoms with Gasteiger partial charge >= 0.3 is 0 Å². The monoisotopic (exact) mass is 251 g/mol. The molecule has 18 heavy (non-hydrogen) atoms. The fraction of sp³-hybridized carbons (Fsp3) is 0.308. The van der Waals surface area contributed by atoms with E-state index in [1.807, 2.05) is 17.8 Å². The molecule has 0 amide bonds. The van der Waals surface area contributed by atoms with Crippen molar-refractivity contribution >= 4 is 0 Å². The van der Waals surface area contributed by atoms with Gasteiger partial charge in [-0.3, -0.25) is 0 Å². The lowest BCUT2D eigenvalue weighted by atomic mass is 10.0. The van der Waals surface area contributed by atoms with Gasteiger partial charge in [0.2, 0.25) is 0 Å². The molecule has 0 saturated heterocycles. The van der Waals surface area contributed by atoms with Crippen molar-refractivity contribution in [3.63, 3.8) is 0 Å².